The number of sulfonamides is 2. The summed E-state index contributed by atoms with van der Waals surface area (Å²) in [5.74, 6) is -0.107. The summed E-state index contributed by atoms with van der Waals surface area (Å²) in [6.07, 6.45) is 0. The Morgan fingerprint density at radius 3 is 1.98 bits per heavy atom. The van der Waals surface area contributed by atoms with E-state index in [-0.39, 0.29) is 9.79 Å². The van der Waals surface area contributed by atoms with E-state index in [1.807, 2.05) is 19.9 Å². The molecule has 4 aromatic rings. The SMILES string of the molecule is COc1ccc(S(=O)(=O)N(CC(=O)Nc2ccc(S(=O)(=O)Nc3cccc(C)c3)cc2)c2ccc(C)cc2)cc1. The minimum atomic E-state index is -4.11. The van der Waals surface area contributed by atoms with Crippen LogP contribution >= 0.6 is 0 Å². The zero-order chi connectivity index (χ0) is 28.9. The number of methoxy groups -OCH3 is 1. The molecule has 4 rings (SSSR count). The molecule has 1 amide bonds. The lowest BCUT2D eigenvalue weighted by Crippen LogP contribution is -2.38. The summed E-state index contributed by atoms with van der Waals surface area (Å²) in [6, 6.07) is 25.2. The molecule has 0 aliphatic rings. The molecule has 0 saturated carbocycles. The molecule has 9 nitrogen and oxygen atoms in total. The highest BCUT2D eigenvalue weighted by atomic mass is 32.2. The number of nitrogens with one attached hydrogen (secondary N) is 2. The van der Waals surface area contributed by atoms with E-state index in [1.165, 1.54) is 55.6 Å². The lowest BCUT2D eigenvalue weighted by molar-refractivity contribution is -0.114. The molecule has 208 valence electrons. The Hall–Kier alpha value is -4.35. The van der Waals surface area contributed by atoms with E-state index < -0.39 is 32.5 Å². The highest BCUT2D eigenvalue weighted by molar-refractivity contribution is 7.93. The van der Waals surface area contributed by atoms with Crippen LogP contribution in [0.1, 0.15) is 11.1 Å². The van der Waals surface area contributed by atoms with Crippen molar-refractivity contribution in [1.82, 2.24) is 0 Å². The molecule has 40 heavy (non-hydrogen) atoms. The van der Waals surface area contributed by atoms with Crippen LogP contribution in [0.4, 0.5) is 17.1 Å². The molecule has 0 spiro atoms. The van der Waals surface area contributed by atoms with Gasteiger partial charge in [-0.2, -0.15) is 0 Å². The minimum absolute atomic E-state index is 0.00246. The smallest absolute Gasteiger partial charge is 0.264 e. The average Bonchev–Trinajstić information content (AvgIpc) is 2.92. The van der Waals surface area contributed by atoms with Gasteiger partial charge in [0.15, 0.2) is 0 Å². The molecule has 0 unspecified atom stereocenters. The second-order valence-electron chi connectivity index (χ2n) is 9.07. The van der Waals surface area contributed by atoms with Crippen LogP contribution in [-0.2, 0) is 24.8 Å². The maximum atomic E-state index is 13.6. The molecular formula is C29H29N3O6S2. The van der Waals surface area contributed by atoms with Gasteiger partial charge in [-0.05, 0) is 92.2 Å². The molecule has 0 bridgehead atoms. The van der Waals surface area contributed by atoms with E-state index in [0.717, 1.165) is 15.4 Å². The van der Waals surface area contributed by atoms with Crippen molar-refractivity contribution >= 4 is 43.0 Å². The quantitative estimate of drug-likeness (QED) is 0.274. The van der Waals surface area contributed by atoms with Gasteiger partial charge in [0, 0.05) is 11.4 Å². The second-order valence-corrected chi connectivity index (χ2v) is 12.6. The summed E-state index contributed by atoms with van der Waals surface area (Å²) < 4.78 is 61.4. The molecular weight excluding hydrogens is 550 g/mol. The average molecular weight is 580 g/mol. The lowest BCUT2D eigenvalue weighted by Gasteiger charge is -2.24. The molecule has 0 atom stereocenters. The second kappa shape index (κ2) is 11.8. The number of benzene rings is 4. The van der Waals surface area contributed by atoms with Gasteiger partial charge < -0.3 is 10.1 Å². The van der Waals surface area contributed by atoms with Gasteiger partial charge in [0.1, 0.15) is 12.3 Å². The van der Waals surface area contributed by atoms with Gasteiger partial charge in [-0.1, -0.05) is 29.8 Å². The fraction of sp³-hybridized carbons (Fsp3) is 0.138. The number of carbonyl (C=O) groups is 1. The van der Waals surface area contributed by atoms with Crippen LogP contribution in [0.3, 0.4) is 0 Å². The van der Waals surface area contributed by atoms with Crippen LogP contribution in [0.25, 0.3) is 0 Å². The van der Waals surface area contributed by atoms with Crippen molar-refractivity contribution in [3.05, 3.63) is 108 Å². The van der Waals surface area contributed by atoms with Crippen LogP contribution < -0.4 is 19.1 Å². The van der Waals surface area contributed by atoms with Gasteiger partial charge >= 0.3 is 0 Å². The zero-order valence-corrected chi connectivity index (χ0v) is 23.8. The molecule has 0 aliphatic heterocycles. The number of amides is 1. The summed E-state index contributed by atoms with van der Waals surface area (Å²) in [4.78, 5) is 13.0. The van der Waals surface area contributed by atoms with Crippen molar-refractivity contribution in [2.75, 3.05) is 28.0 Å². The van der Waals surface area contributed by atoms with E-state index in [0.29, 0.717) is 22.8 Å². The van der Waals surface area contributed by atoms with Crippen molar-refractivity contribution in [2.45, 2.75) is 23.6 Å². The Kier molecular flexibility index (Phi) is 8.46. The van der Waals surface area contributed by atoms with Crippen LogP contribution in [0.5, 0.6) is 5.75 Å². The number of aryl methyl sites for hydroxylation is 2. The Morgan fingerprint density at radius 2 is 1.38 bits per heavy atom. The van der Waals surface area contributed by atoms with Gasteiger partial charge in [0.25, 0.3) is 20.0 Å². The number of anilines is 3. The molecule has 0 saturated heterocycles. The minimum Gasteiger partial charge on any atom is -0.497 e. The number of carbonyl (C=O) groups excluding carboxylic acids is 1. The zero-order valence-electron chi connectivity index (χ0n) is 22.2. The first-order valence-electron chi connectivity index (χ1n) is 12.2. The molecule has 2 N–H and O–H groups in total. The molecule has 11 heteroatoms. The maximum absolute atomic E-state index is 13.6. The normalized spacial score (nSPS) is 11.5. The molecule has 0 radical (unpaired) electrons. The van der Waals surface area contributed by atoms with Crippen molar-refractivity contribution in [3.8, 4) is 5.75 Å². The molecule has 4 aromatic carbocycles. The third-order valence-electron chi connectivity index (χ3n) is 5.98. The van der Waals surface area contributed by atoms with Gasteiger partial charge in [0.05, 0.1) is 22.6 Å². The fourth-order valence-electron chi connectivity index (χ4n) is 3.87. The molecule has 0 fully saturated rings. The Balaban J connectivity index is 1.53. The maximum Gasteiger partial charge on any atom is 0.264 e. The Morgan fingerprint density at radius 1 is 0.750 bits per heavy atom. The number of ether oxygens (including phenoxy) is 1. The summed E-state index contributed by atoms with van der Waals surface area (Å²) in [5.41, 5.74) is 2.91. The lowest BCUT2D eigenvalue weighted by atomic mass is 10.2. The summed E-state index contributed by atoms with van der Waals surface area (Å²) in [5, 5.41) is 2.65. The first-order valence-corrected chi connectivity index (χ1v) is 15.1. The number of rotatable bonds is 10. The van der Waals surface area contributed by atoms with Gasteiger partial charge in [-0.3, -0.25) is 13.8 Å². The molecule has 0 aliphatic carbocycles. The number of nitrogens with zero attached hydrogens (tertiary/aromatic N) is 1. The first kappa shape index (κ1) is 28.7. The third-order valence-corrected chi connectivity index (χ3v) is 9.16. The van der Waals surface area contributed by atoms with Crippen LogP contribution in [0, 0.1) is 13.8 Å². The predicted molar refractivity (Wildman–Crippen MR) is 156 cm³/mol. The molecule has 0 aromatic heterocycles. The van der Waals surface area contributed by atoms with Gasteiger partial charge in [-0.15, -0.1) is 0 Å². The summed E-state index contributed by atoms with van der Waals surface area (Å²) >= 11 is 0. The van der Waals surface area contributed by atoms with Gasteiger partial charge in [0.2, 0.25) is 5.91 Å². The monoisotopic (exact) mass is 579 g/mol. The topological polar surface area (TPSA) is 122 Å². The van der Waals surface area contributed by atoms with Gasteiger partial charge in [-0.25, -0.2) is 16.8 Å². The van der Waals surface area contributed by atoms with Crippen molar-refractivity contribution < 1.29 is 26.4 Å². The van der Waals surface area contributed by atoms with Crippen LogP contribution in [0.15, 0.2) is 107 Å². The summed E-state index contributed by atoms with van der Waals surface area (Å²) in [7, 11) is -6.48. The van der Waals surface area contributed by atoms with Crippen LogP contribution in [-0.4, -0.2) is 36.4 Å². The standard InChI is InChI=1S/C29H29N3O6S2/c1-21-7-11-25(12-8-21)32(40(36,37)28-17-13-26(38-3)14-18-28)20-29(33)30-23-9-15-27(16-10-23)39(34,35)31-24-6-4-5-22(2)19-24/h4-19,31H,20H2,1-3H3,(H,30,33). The van der Waals surface area contributed by atoms with E-state index in [1.54, 1.807) is 42.5 Å². The van der Waals surface area contributed by atoms with Crippen molar-refractivity contribution in [1.29, 1.82) is 0 Å². The van der Waals surface area contributed by atoms with E-state index in [2.05, 4.69) is 10.0 Å². The predicted octanol–water partition coefficient (Wildman–Crippen LogP) is 4.95. The van der Waals surface area contributed by atoms with Crippen molar-refractivity contribution in [2.24, 2.45) is 0 Å². The number of hydrogen-bond acceptors (Lipinski definition) is 6. The highest BCUT2D eigenvalue weighted by Crippen LogP contribution is 2.26. The Labute approximate surface area is 234 Å². The molecule has 0 heterocycles. The largest absolute Gasteiger partial charge is 0.497 e. The third kappa shape index (κ3) is 6.80. The van der Waals surface area contributed by atoms with E-state index in [4.69, 9.17) is 4.74 Å². The van der Waals surface area contributed by atoms with E-state index in [9.17, 15) is 21.6 Å². The van der Waals surface area contributed by atoms with Crippen molar-refractivity contribution in [3.63, 3.8) is 0 Å². The van der Waals surface area contributed by atoms with Crippen LogP contribution in [0.2, 0.25) is 0 Å². The Bertz CT molecular complexity index is 1700. The van der Waals surface area contributed by atoms with E-state index >= 15 is 0 Å². The highest BCUT2D eigenvalue weighted by Gasteiger charge is 2.27. The first-order chi connectivity index (χ1) is 19.0. The fourth-order valence-corrected chi connectivity index (χ4v) is 6.34. The number of hydrogen-bond donors (Lipinski definition) is 2. The summed E-state index contributed by atoms with van der Waals surface area (Å²) in [6.45, 7) is 3.23.